The molecule has 0 aliphatic carbocycles. The zero-order valence-electron chi connectivity index (χ0n) is 20.5. The average molecular weight is 509 g/mol. The Morgan fingerprint density at radius 2 is 1.69 bits per heavy atom. The predicted octanol–water partition coefficient (Wildman–Crippen LogP) is 6.22. The summed E-state index contributed by atoms with van der Waals surface area (Å²) in [5.74, 6) is -0.471. The summed E-state index contributed by atoms with van der Waals surface area (Å²) in [5, 5.41) is 3.20. The van der Waals surface area contributed by atoms with Crippen LogP contribution in [0.15, 0.2) is 71.1 Å². The fourth-order valence-corrected chi connectivity index (χ4v) is 5.28. The highest BCUT2D eigenvalue weighted by Gasteiger charge is 2.27. The normalized spacial score (nSPS) is 11.6. The highest BCUT2D eigenvalue weighted by molar-refractivity contribution is 7.92. The van der Waals surface area contributed by atoms with Gasteiger partial charge in [0.25, 0.3) is 5.91 Å². The van der Waals surface area contributed by atoms with E-state index in [0.29, 0.717) is 46.3 Å². The number of anilines is 1. The van der Waals surface area contributed by atoms with Crippen LogP contribution >= 0.6 is 0 Å². The number of amides is 1. The molecule has 0 aliphatic heterocycles. The van der Waals surface area contributed by atoms with Crippen LogP contribution in [0, 0.1) is 5.82 Å². The standard InChI is InChI=1S/C28H29FN2O4S/c1-4-5-9-16-31(36(3,33)34)24-18-25-23(17-22(24)19-10-7-6-8-11-19)26(28(32)30-2)27(35-25)20-12-14-21(29)15-13-20/h6-8,10-15,17-18H,4-5,9,16H2,1-3H3,(H,30,32). The van der Waals surface area contributed by atoms with E-state index in [4.69, 9.17) is 4.42 Å². The second-order valence-electron chi connectivity index (χ2n) is 8.67. The van der Waals surface area contributed by atoms with Gasteiger partial charge in [0, 0.05) is 36.2 Å². The molecule has 1 N–H and O–H groups in total. The van der Waals surface area contributed by atoms with Crippen molar-refractivity contribution in [1.29, 1.82) is 0 Å². The van der Waals surface area contributed by atoms with Gasteiger partial charge < -0.3 is 9.73 Å². The molecule has 0 saturated carbocycles. The van der Waals surface area contributed by atoms with E-state index >= 15 is 0 Å². The first kappa shape index (κ1) is 25.4. The molecule has 0 aliphatic rings. The molecule has 4 rings (SSSR count). The minimum Gasteiger partial charge on any atom is -0.455 e. The molecule has 188 valence electrons. The molecule has 4 aromatic rings. The number of sulfonamides is 1. The molecule has 0 bridgehead atoms. The van der Waals surface area contributed by atoms with E-state index in [2.05, 4.69) is 12.2 Å². The van der Waals surface area contributed by atoms with Crippen LogP contribution in [0.2, 0.25) is 0 Å². The van der Waals surface area contributed by atoms with E-state index in [1.54, 1.807) is 24.3 Å². The van der Waals surface area contributed by atoms with Gasteiger partial charge in [-0.25, -0.2) is 12.8 Å². The Bertz CT molecular complexity index is 1480. The van der Waals surface area contributed by atoms with Crippen LogP contribution in [0.3, 0.4) is 0 Å². The molecule has 1 aromatic heterocycles. The van der Waals surface area contributed by atoms with Gasteiger partial charge in [0.15, 0.2) is 0 Å². The van der Waals surface area contributed by atoms with Gasteiger partial charge in [0.1, 0.15) is 17.2 Å². The average Bonchev–Trinajstić information content (AvgIpc) is 3.24. The van der Waals surface area contributed by atoms with Crippen molar-refractivity contribution in [2.24, 2.45) is 0 Å². The van der Waals surface area contributed by atoms with Crippen molar-refractivity contribution in [3.05, 3.63) is 78.1 Å². The number of hydrogen-bond acceptors (Lipinski definition) is 4. The highest BCUT2D eigenvalue weighted by atomic mass is 32.2. The molecule has 1 heterocycles. The molecule has 0 spiro atoms. The zero-order valence-corrected chi connectivity index (χ0v) is 21.4. The summed E-state index contributed by atoms with van der Waals surface area (Å²) >= 11 is 0. The topological polar surface area (TPSA) is 79.6 Å². The van der Waals surface area contributed by atoms with Gasteiger partial charge in [0.05, 0.1) is 17.5 Å². The fourth-order valence-electron chi connectivity index (χ4n) is 4.31. The van der Waals surface area contributed by atoms with Gasteiger partial charge in [-0.15, -0.1) is 0 Å². The van der Waals surface area contributed by atoms with E-state index in [0.717, 1.165) is 18.4 Å². The van der Waals surface area contributed by atoms with Gasteiger partial charge in [-0.2, -0.15) is 0 Å². The number of carbonyl (C=O) groups is 1. The van der Waals surface area contributed by atoms with Gasteiger partial charge >= 0.3 is 0 Å². The highest BCUT2D eigenvalue weighted by Crippen LogP contribution is 2.41. The first-order valence-electron chi connectivity index (χ1n) is 11.9. The summed E-state index contributed by atoms with van der Waals surface area (Å²) in [4.78, 5) is 13.0. The maximum atomic E-state index is 13.6. The van der Waals surface area contributed by atoms with Crippen molar-refractivity contribution in [3.8, 4) is 22.5 Å². The Morgan fingerprint density at radius 1 is 1.00 bits per heavy atom. The minimum atomic E-state index is -3.61. The first-order chi connectivity index (χ1) is 17.2. The minimum absolute atomic E-state index is 0.289. The van der Waals surface area contributed by atoms with E-state index in [9.17, 15) is 17.6 Å². The van der Waals surface area contributed by atoms with Crippen molar-refractivity contribution in [2.75, 3.05) is 24.2 Å². The molecule has 3 aromatic carbocycles. The number of unbranched alkanes of at least 4 members (excludes halogenated alkanes) is 2. The van der Waals surface area contributed by atoms with E-state index < -0.39 is 15.8 Å². The SMILES string of the molecule is CCCCCN(c1cc2oc(-c3ccc(F)cc3)c(C(=O)NC)c2cc1-c1ccccc1)S(C)(=O)=O. The Hall–Kier alpha value is -3.65. The maximum absolute atomic E-state index is 13.6. The quantitative estimate of drug-likeness (QED) is 0.272. The third-order valence-corrected chi connectivity index (χ3v) is 7.27. The second kappa shape index (κ2) is 10.5. The second-order valence-corrected chi connectivity index (χ2v) is 10.6. The maximum Gasteiger partial charge on any atom is 0.255 e. The number of fused-ring (bicyclic) bond motifs is 1. The molecular weight excluding hydrogens is 479 g/mol. The first-order valence-corrected chi connectivity index (χ1v) is 13.7. The lowest BCUT2D eigenvalue weighted by molar-refractivity contribution is 0.0964. The van der Waals surface area contributed by atoms with Gasteiger partial charge in [0.2, 0.25) is 10.0 Å². The third-order valence-electron chi connectivity index (χ3n) is 6.09. The molecule has 0 unspecified atom stereocenters. The summed E-state index contributed by atoms with van der Waals surface area (Å²) in [6.45, 7) is 2.39. The van der Waals surface area contributed by atoms with Gasteiger partial charge in [-0.05, 0) is 42.3 Å². The van der Waals surface area contributed by atoms with Crippen LogP contribution in [-0.4, -0.2) is 34.2 Å². The van der Waals surface area contributed by atoms with Crippen molar-refractivity contribution in [1.82, 2.24) is 5.32 Å². The molecule has 8 heteroatoms. The number of furan rings is 1. The van der Waals surface area contributed by atoms with Crippen molar-refractivity contribution in [3.63, 3.8) is 0 Å². The van der Waals surface area contributed by atoms with Crippen LogP contribution in [0.1, 0.15) is 36.5 Å². The zero-order chi connectivity index (χ0) is 25.9. The van der Waals surface area contributed by atoms with Gasteiger partial charge in [-0.1, -0.05) is 50.1 Å². The molecule has 6 nitrogen and oxygen atoms in total. The van der Waals surface area contributed by atoms with E-state index in [-0.39, 0.29) is 11.7 Å². The molecule has 1 amide bonds. The number of benzene rings is 3. The van der Waals surface area contributed by atoms with E-state index in [1.807, 2.05) is 30.3 Å². The Morgan fingerprint density at radius 3 is 2.31 bits per heavy atom. The van der Waals surface area contributed by atoms with Crippen molar-refractivity contribution in [2.45, 2.75) is 26.2 Å². The number of halogens is 1. The lowest BCUT2D eigenvalue weighted by atomic mass is 9.98. The number of hydrogen-bond donors (Lipinski definition) is 1. The molecule has 36 heavy (non-hydrogen) atoms. The summed E-state index contributed by atoms with van der Waals surface area (Å²) in [5.41, 5.74) is 3.17. The molecule has 0 atom stereocenters. The number of nitrogens with zero attached hydrogens (tertiary/aromatic N) is 1. The lowest BCUT2D eigenvalue weighted by Gasteiger charge is -2.25. The Labute approximate surface area is 210 Å². The molecule has 0 saturated heterocycles. The summed E-state index contributed by atoms with van der Waals surface area (Å²) in [7, 11) is -2.08. The van der Waals surface area contributed by atoms with Crippen LogP contribution in [0.25, 0.3) is 33.4 Å². The van der Waals surface area contributed by atoms with E-state index in [1.165, 1.54) is 29.7 Å². The molecule has 0 radical (unpaired) electrons. The Balaban J connectivity index is 2.03. The third kappa shape index (κ3) is 5.14. The smallest absolute Gasteiger partial charge is 0.255 e. The number of carbonyl (C=O) groups excluding carboxylic acids is 1. The summed E-state index contributed by atoms with van der Waals surface area (Å²) in [6, 6.07) is 18.6. The predicted molar refractivity (Wildman–Crippen MR) is 142 cm³/mol. The lowest BCUT2D eigenvalue weighted by Crippen LogP contribution is -2.31. The Kier molecular flexibility index (Phi) is 7.45. The molecule has 0 fully saturated rings. The van der Waals surface area contributed by atoms with Crippen LogP contribution in [-0.2, 0) is 10.0 Å². The van der Waals surface area contributed by atoms with Crippen molar-refractivity contribution < 1.29 is 22.0 Å². The van der Waals surface area contributed by atoms with Crippen LogP contribution in [0.5, 0.6) is 0 Å². The van der Waals surface area contributed by atoms with Gasteiger partial charge in [-0.3, -0.25) is 9.10 Å². The number of rotatable bonds is 9. The van der Waals surface area contributed by atoms with Crippen LogP contribution < -0.4 is 9.62 Å². The monoisotopic (exact) mass is 508 g/mol. The fraction of sp³-hybridized carbons (Fsp3) is 0.250. The number of nitrogens with one attached hydrogen (secondary N) is 1. The largest absolute Gasteiger partial charge is 0.455 e. The van der Waals surface area contributed by atoms with Crippen LogP contribution in [0.4, 0.5) is 10.1 Å². The molecular formula is C28H29FN2O4S. The van der Waals surface area contributed by atoms with Crippen molar-refractivity contribution >= 4 is 32.6 Å². The summed E-state index contributed by atoms with van der Waals surface area (Å²) < 4.78 is 47.0. The summed E-state index contributed by atoms with van der Waals surface area (Å²) in [6.07, 6.45) is 3.75.